The molecule has 15 heavy (non-hydrogen) atoms. The van der Waals surface area contributed by atoms with Crippen LogP contribution >= 0.6 is 0 Å². The van der Waals surface area contributed by atoms with Crippen LogP contribution in [0.1, 0.15) is 48.5 Å². The summed E-state index contributed by atoms with van der Waals surface area (Å²) >= 11 is 0. The predicted molar refractivity (Wildman–Crippen MR) is 57.6 cm³/mol. The molecule has 0 bridgehead atoms. The van der Waals surface area contributed by atoms with Crippen LogP contribution in [0.4, 0.5) is 13.2 Å². The quantitative estimate of drug-likeness (QED) is 0.640. The van der Waals surface area contributed by atoms with E-state index in [2.05, 4.69) is 0 Å². The molecule has 0 aromatic heterocycles. The van der Waals surface area contributed by atoms with Gasteiger partial charge in [-0.1, -0.05) is 48.5 Å². The van der Waals surface area contributed by atoms with E-state index < -0.39 is 17.0 Å². The van der Waals surface area contributed by atoms with Crippen molar-refractivity contribution < 1.29 is 13.2 Å². The first-order valence-electron chi connectivity index (χ1n) is 5.45. The molecule has 0 unspecified atom stereocenters. The fourth-order valence-corrected chi connectivity index (χ4v) is 2.42. The zero-order valence-corrected chi connectivity index (χ0v) is 10.8. The lowest BCUT2D eigenvalue weighted by atomic mass is 9.55. The predicted octanol–water partition coefficient (Wildman–Crippen LogP) is 4.89. The molecule has 0 radical (unpaired) electrons. The lowest BCUT2D eigenvalue weighted by Gasteiger charge is -2.51. The standard InChI is InChI=1S/C12H23F3/c1-8(2)11(7,9(3)4)10(5,6)12(13,14)15/h8-9H,1-7H3. The molecule has 3 heteroatoms. The Labute approximate surface area is 91.3 Å². The third-order valence-corrected chi connectivity index (χ3v) is 4.45. The van der Waals surface area contributed by atoms with E-state index in [9.17, 15) is 13.2 Å². The highest BCUT2D eigenvalue weighted by atomic mass is 19.4. The minimum absolute atomic E-state index is 0.00544. The van der Waals surface area contributed by atoms with E-state index in [1.807, 2.05) is 27.7 Å². The largest absolute Gasteiger partial charge is 0.394 e. The molecule has 0 amide bonds. The minimum Gasteiger partial charge on any atom is -0.171 e. The van der Waals surface area contributed by atoms with Crippen molar-refractivity contribution in [2.75, 3.05) is 0 Å². The molecule has 0 spiro atoms. The van der Waals surface area contributed by atoms with Gasteiger partial charge >= 0.3 is 6.18 Å². The summed E-state index contributed by atoms with van der Waals surface area (Å²) in [5, 5.41) is 0. The van der Waals surface area contributed by atoms with Gasteiger partial charge in [0.05, 0.1) is 5.41 Å². The molecule has 92 valence electrons. The third kappa shape index (κ3) is 2.16. The summed E-state index contributed by atoms with van der Waals surface area (Å²) in [6.07, 6.45) is -4.16. The first-order chi connectivity index (χ1) is 6.39. The fraction of sp³-hybridized carbons (Fsp3) is 1.00. The number of hydrogen-bond acceptors (Lipinski definition) is 0. The summed E-state index contributed by atoms with van der Waals surface area (Å²) in [6, 6.07) is 0. The molecule has 0 aromatic carbocycles. The van der Waals surface area contributed by atoms with Crippen LogP contribution in [0.2, 0.25) is 0 Å². The number of halogens is 3. The maximum absolute atomic E-state index is 13.0. The van der Waals surface area contributed by atoms with E-state index >= 15 is 0 Å². The smallest absolute Gasteiger partial charge is 0.171 e. The SMILES string of the molecule is CC(C)C(C)(C(C)C)C(C)(C)C(F)(F)F. The lowest BCUT2D eigenvalue weighted by Crippen LogP contribution is -2.52. The zero-order chi connectivity index (χ0) is 12.7. The second-order valence-electron chi connectivity index (χ2n) is 5.71. The molecule has 0 N–H and O–H groups in total. The van der Waals surface area contributed by atoms with E-state index in [0.717, 1.165) is 0 Å². The number of hydrogen-bond donors (Lipinski definition) is 0. The molecule has 0 fully saturated rings. The van der Waals surface area contributed by atoms with Crippen LogP contribution in [0.3, 0.4) is 0 Å². The van der Waals surface area contributed by atoms with Gasteiger partial charge in [-0.05, 0) is 17.3 Å². The molecule has 0 aliphatic heterocycles. The molecule has 0 heterocycles. The summed E-state index contributed by atoms with van der Waals surface area (Å²) < 4.78 is 39.1. The minimum atomic E-state index is -4.16. The van der Waals surface area contributed by atoms with E-state index in [0.29, 0.717) is 0 Å². The van der Waals surface area contributed by atoms with Gasteiger partial charge in [0.1, 0.15) is 0 Å². The van der Waals surface area contributed by atoms with Crippen LogP contribution in [0, 0.1) is 22.7 Å². The summed E-state index contributed by atoms with van der Waals surface area (Å²) in [7, 11) is 0. The Bertz CT molecular complexity index is 203. The fourth-order valence-electron chi connectivity index (χ4n) is 2.42. The maximum Gasteiger partial charge on any atom is 0.394 e. The van der Waals surface area contributed by atoms with Crippen molar-refractivity contribution in [3.8, 4) is 0 Å². The average molecular weight is 224 g/mol. The van der Waals surface area contributed by atoms with Crippen LogP contribution in [0.25, 0.3) is 0 Å². The lowest BCUT2D eigenvalue weighted by molar-refractivity contribution is -0.265. The Kier molecular flexibility index (Phi) is 3.93. The van der Waals surface area contributed by atoms with Gasteiger partial charge in [-0.25, -0.2) is 0 Å². The Morgan fingerprint density at radius 1 is 0.733 bits per heavy atom. The van der Waals surface area contributed by atoms with E-state index in [1.54, 1.807) is 6.92 Å². The van der Waals surface area contributed by atoms with E-state index in [4.69, 9.17) is 0 Å². The van der Waals surface area contributed by atoms with Crippen molar-refractivity contribution in [1.29, 1.82) is 0 Å². The summed E-state index contributed by atoms with van der Waals surface area (Å²) in [5.41, 5.74) is -2.41. The van der Waals surface area contributed by atoms with Crippen LogP contribution in [0.15, 0.2) is 0 Å². The van der Waals surface area contributed by atoms with Crippen molar-refractivity contribution in [1.82, 2.24) is 0 Å². The van der Waals surface area contributed by atoms with Gasteiger partial charge in [0.15, 0.2) is 0 Å². The summed E-state index contributed by atoms with van der Waals surface area (Å²) in [5.74, 6) is -0.0109. The molecule has 0 aliphatic carbocycles. The van der Waals surface area contributed by atoms with Gasteiger partial charge in [-0.2, -0.15) is 13.2 Å². The first kappa shape index (κ1) is 14.8. The summed E-state index contributed by atoms with van der Waals surface area (Å²) in [6.45, 7) is 11.8. The Morgan fingerprint density at radius 3 is 1.07 bits per heavy atom. The average Bonchev–Trinajstić information content (AvgIpc) is 1.99. The molecular weight excluding hydrogens is 201 g/mol. The Hall–Kier alpha value is -0.210. The second kappa shape index (κ2) is 3.99. The van der Waals surface area contributed by atoms with Gasteiger partial charge in [0, 0.05) is 0 Å². The Morgan fingerprint density at radius 2 is 1.00 bits per heavy atom. The van der Waals surface area contributed by atoms with Crippen LogP contribution in [-0.4, -0.2) is 6.18 Å². The molecule has 0 saturated carbocycles. The maximum atomic E-state index is 13.0. The van der Waals surface area contributed by atoms with E-state index in [-0.39, 0.29) is 11.8 Å². The highest BCUT2D eigenvalue weighted by Gasteiger charge is 2.60. The Balaban J connectivity index is 5.46. The second-order valence-corrected chi connectivity index (χ2v) is 5.71. The van der Waals surface area contributed by atoms with Crippen molar-refractivity contribution in [2.45, 2.75) is 54.6 Å². The summed E-state index contributed by atoms with van der Waals surface area (Å²) in [4.78, 5) is 0. The molecule has 0 rings (SSSR count). The molecular formula is C12H23F3. The third-order valence-electron chi connectivity index (χ3n) is 4.45. The van der Waals surface area contributed by atoms with Crippen molar-refractivity contribution in [3.05, 3.63) is 0 Å². The van der Waals surface area contributed by atoms with Crippen molar-refractivity contribution in [2.24, 2.45) is 22.7 Å². The first-order valence-corrected chi connectivity index (χ1v) is 5.45. The van der Waals surface area contributed by atoms with Gasteiger partial charge in [-0.15, -0.1) is 0 Å². The highest BCUT2D eigenvalue weighted by Crippen LogP contribution is 2.57. The monoisotopic (exact) mass is 224 g/mol. The molecule has 0 aromatic rings. The zero-order valence-electron chi connectivity index (χ0n) is 10.8. The topological polar surface area (TPSA) is 0 Å². The van der Waals surface area contributed by atoms with Crippen LogP contribution in [0.5, 0.6) is 0 Å². The number of alkyl halides is 3. The van der Waals surface area contributed by atoms with Crippen molar-refractivity contribution >= 4 is 0 Å². The highest BCUT2D eigenvalue weighted by molar-refractivity contribution is 4.97. The van der Waals surface area contributed by atoms with Gasteiger partial charge in [0.25, 0.3) is 0 Å². The van der Waals surface area contributed by atoms with Gasteiger partial charge in [-0.3, -0.25) is 0 Å². The van der Waals surface area contributed by atoms with Gasteiger partial charge < -0.3 is 0 Å². The van der Waals surface area contributed by atoms with Crippen LogP contribution < -0.4 is 0 Å². The molecule has 0 aliphatic rings. The van der Waals surface area contributed by atoms with Crippen molar-refractivity contribution in [3.63, 3.8) is 0 Å². The molecule has 0 atom stereocenters. The number of rotatable bonds is 3. The van der Waals surface area contributed by atoms with Crippen LogP contribution in [-0.2, 0) is 0 Å². The van der Waals surface area contributed by atoms with E-state index in [1.165, 1.54) is 13.8 Å². The van der Waals surface area contributed by atoms with Gasteiger partial charge in [0.2, 0.25) is 0 Å². The molecule has 0 nitrogen and oxygen atoms in total. The molecule has 0 saturated heterocycles. The normalized spacial score (nSPS) is 15.2.